The maximum absolute atomic E-state index is 12.6. The van der Waals surface area contributed by atoms with Crippen molar-refractivity contribution in [3.63, 3.8) is 0 Å². The van der Waals surface area contributed by atoms with E-state index >= 15 is 0 Å². The fraction of sp³-hybridized carbons (Fsp3) is 0.368. The number of nitrogens with zero attached hydrogens (tertiary/aromatic N) is 3. The van der Waals surface area contributed by atoms with Gasteiger partial charge in [0.05, 0.1) is 36.2 Å². The molecule has 1 saturated heterocycles. The summed E-state index contributed by atoms with van der Waals surface area (Å²) < 4.78 is 5.43. The smallest absolute Gasteiger partial charge is 0.252 e. The first kappa shape index (κ1) is 19.1. The molecule has 8 heteroatoms. The first-order valence-electron chi connectivity index (χ1n) is 8.64. The number of hydrogen-bond donors (Lipinski definition) is 1. The summed E-state index contributed by atoms with van der Waals surface area (Å²) in [6.45, 7) is 2.86. The van der Waals surface area contributed by atoms with Crippen molar-refractivity contribution in [2.75, 3.05) is 24.8 Å². The Morgan fingerprint density at radius 3 is 3.07 bits per heavy atom. The van der Waals surface area contributed by atoms with Gasteiger partial charge in [0.15, 0.2) is 0 Å². The number of aromatic nitrogens is 1. The van der Waals surface area contributed by atoms with Gasteiger partial charge >= 0.3 is 0 Å². The number of carbonyl (C=O) groups excluding carboxylic acids is 2. The molecule has 1 aromatic carbocycles. The molecule has 27 heavy (non-hydrogen) atoms. The summed E-state index contributed by atoms with van der Waals surface area (Å²) in [6.07, 6.45) is 1.57. The molecule has 2 amide bonds. The highest BCUT2D eigenvalue weighted by Crippen LogP contribution is 2.21. The SMILES string of the molecule is CCOCc1ccc2nccc(C(=O)NCC(=O)N3CSC[C@H]3C#N)c2c1. The maximum Gasteiger partial charge on any atom is 0.252 e. The molecule has 0 unspecified atom stereocenters. The van der Waals surface area contributed by atoms with Gasteiger partial charge in [0.2, 0.25) is 5.91 Å². The van der Waals surface area contributed by atoms with E-state index in [9.17, 15) is 9.59 Å². The molecule has 0 spiro atoms. The summed E-state index contributed by atoms with van der Waals surface area (Å²) in [6, 6.07) is 8.98. The number of pyridine rings is 1. The number of thioether (sulfide) groups is 1. The van der Waals surface area contributed by atoms with Crippen molar-refractivity contribution >= 4 is 34.5 Å². The molecule has 2 heterocycles. The van der Waals surface area contributed by atoms with Crippen LogP contribution in [0.3, 0.4) is 0 Å². The Morgan fingerprint density at radius 1 is 1.44 bits per heavy atom. The van der Waals surface area contributed by atoms with Crippen LogP contribution in [0.2, 0.25) is 0 Å². The summed E-state index contributed by atoms with van der Waals surface area (Å²) >= 11 is 1.53. The number of nitrogens with one attached hydrogen (secondary N) is 1. The van der Waals surface area contributed by atoms with E-state index < -0.39 is 6.04 Å². The predicted octanol–water partition coefficient (Wildman–Crippen LogP) is 1.93. The van der Waals surface area contributed by atoms with Crippen LogP contribution >= 0.6 is 11.8 Å². The van der Waals surface area contributed by atoms with E-state index in [1.807, 2.05) is 25.1 Å². The normalized spacial score (nSPS) is 16.3. The van der Waals surface area contributed by atoms with Crippen molar-refractivity contribution in [1.29, 1.82) is 5.26 Å². The molecule has 7 nitrogen and oxygen atoms in total. The number of hydrogen-bond acceptors (Lipinski definition) is 6. The van der Waals surface area contributed by atoms with Crippen LogP contribution in [0.4, 0.5) is 0 Å². The molecule has 1 aliphatic rings. The lowest BCUT2D eigenvalue weighted by molar-refractivity contribution is -0.129. The zero-order valence-electron chi connectivity index (χ0n) is 15.0. The van der Waals surface area contributed by atoms with Crippen molar-refractivity contribution < 1.29 is 14.3 Å². The highest BCUT2D eigenvalue weighted by atomic mass is 32.2. The molecular formula is C19H20N4O3S. The van der Waals surface area contributed by atoms with Crippen LogP contribution in [0.15, 0.2) is 30.5 Å². The third kappa shape index (κ3) is 4.38. The Hall–Kier alpha value is -2.63. The summed E-state index contributed by atoms with van der Waals surface area (Å²) in [5, 5.41) is 12.5. The van der Waals surface area contributed by atoms with Gasteiger partial charge in [0.1, 0.15) is 6.04 Å². The second-order valence-electron chi connectivity index (χ2n) is 6.04. The summed E-state index contributed by atoms with van der Waals surface area (Å²) in [4.78, 5) is 30.7. The Bertz CT molecular complexity index is 896. The molecule has 2 aromatic rings. The molecule has 1 fully saturated rings. The Morgan fingerprint density at radius 2 is 2.30 bits per heavy atom. The summed E-state index contributed by atoms with van der Waals surface area (Å²) in [5.74, 6) is 0.486. The van der Waals surface area contributed by atoms with Crippen molar-refractivity contribution in [2.24, 2.45) is 0 Å². The van der Waals surface area contributed by atoms with Gasteiger partial charge in [-0.2, -0.15) is 5.26 Å². The molecule has 0 aliphatic carbocycles. The fourth-order valence-corrected chi connectivity index (χ4v) is 3.95. The highest BCUT2D eigenvalue weighted by molar-refractivity contribution is 7.99. The topological polar surface area (TPSA) is 95.3 Å². The number of fused-ring (bicyclic) bond motifs is 1. The van der Waals surface area contributed by atoms with Crippen LogP contribution in [0.5, 0.6) is 0 Å². The van der Waals surface area contributed by atoms with Crippen LogP contribution < -0.4 is 5.32 Å². The second-order valence-corrected chi connectivity index (χ2v) is 7.04. The van der Waals surface area contributed by atoms with Crippen LogP contribution in [0.25, 0.3) is 10.9 Å². The van der Waals surface area contributed by atoms with Crippen LogP contribution in [0.1, 0.15) is 22.8 Å². The number of rotatable bonds is 6. The van der Waals surface area contributed by atoms with E-state index in [4.69, 9.17) is 10.00 Å². The molecule has 1 aromatic heterocycles. The highest BCUT2D eigenvalue weighted by Gasteiger charge is 2.29. The molecule has 0 radical (unpaired) electrons. The largest absolute Gasteiger partial charge is 0.377 e. The van der Waals surface area contributed by atoms with Gasteiger partial charge in [0.25, 0.3) is 5.91 Å². The molecule has 1 atom stereocenters. The van der Waals surface area contributed by atoms with Gasteiger partial charge in [-0.25, -0.2) is 0 Å². The van der Waals surface area contributed by atoms with E-state index in [2.05, 4.69) is 16.4 Å². The number of amides is 2. The van der Waals surface area contributed by atoms with Gasteiger partial charge in [-0.3, -0.25) is 14.6 Å². The minimum atomic E-state index is -0.428. The number of carbonyl (C=O) groups is 2. The molecule has 140 valence electrons. The average molecular weight is 384 g/mol. The van der Waals surface area contributed by atoms with E-state index in [0.29, 0.717) is 41.3 Å². The molecule has 0 saturated carbocycles. The van der Waals surface area contributed by atoms with Crippen LogP contribution in [0, 0.1) is 11.3 Å². The van der Waals surface area contributed by atoms with E-state index in [1.165, 1.54) is 16.7 Å². The zero-order chi connectivity index (χ0) is 19.2. The minimum absolute atomic E-state index is 0.139. The summed E-state index contributed by atoms with van der Waals surface area (Å²) in [5.41, 5.74) is 2.11. The third-order valence-corrected chi connectivity index (χ3v) is 5.29. The van der Waals surface area contributed by atoms with E-state index in [1.54, 1.807) is 12.3 Å². The first-order valence-corrected chi connectivity index (χ1v) is 9.80. The Balaban J connectivity index is 1.73. The average Bonchev–Trinajstić information content (AvgIpc) is 3.18. The number of ether oxygens (including phenoxy) is 1. The van der Waals surface area contributed by atoms with Gasteiger partial charge in [-0.15, -0.1) is 11.8 Å². The third-order valence-electron chi connectivity index (χ3n) is 4.28. The first-order chi connectivity index (χ1) is 13.1. The predicted molar refractivity (Wildman–Crippen MR) is 103 cm³/mol. The fourth-order valence-electron chi connectivity index (χ4n) is 2.85. The Kier molecular flexibility index (Phi) is 6.27. The lowest BCUT2D eigenvalue weighted by Gasteiger charge is -2.18. The van der Waals surface area contributed by atoms with Gasteiger partial charge in [-0.1, -0.05) is 6.07 Å². The van der Waals surface area contributed by atoms with Crippen molar-refractivity contribution in [1.82, 2.24) is 15.2 Å². The molecule has 1 N–H and O–H groups in total. The van der Waals surface area contributed by atoms with Crippen molar-refractivity contribution in [3.8, 4) is 6.07 Å². The van der Waals surface area contributed by atoms with Crippen molar-refractivity contribution in [3.05, 3.63) is 41.6 Å². The molecule has 0 bridgehead atoms. The number of nitriles is 1. The van der Waals surface area contributed by atoms with E-state index in [-0.39, 0.29) is 18.4 Å². The summed E-state index contributed by atoms with van der Waals surface area (Å²) in [7, 11) is 0. The quantitative estimate of drug-likeness (QED) is 0.818. The van der Waals surface area contributed by atoms with Crippen molar-refractivity contribution in [2.45, 2.75) is 19.6 Å². The van der Waals surface area contributed by atoms with Crippen LogP contribution in [-0.4, -0.2) is 52.5 Å². The monoisotopic (exact) mass is 384 g/mol. The molecular weight excluding hydrogens is 364 g/mol. The zero-order valence-corrected chi connectivity index (χ0v) is 15.8. The standard InChI is InChI=1S/C19H20N4O3S/c1-2-26-10-13-3-4-17-16(7-13)15(5-6-21-17)19(25)22-9-18(24)23-12-27-11-14(23)8-20/h3-7,14H,2,9-12H2,1H3,(H,22,25)/t14-/m1/s1. The molecule has 1 aliphatic heterocycles. The lowest BCUT2D eigenvalue weighted by Crippen LogP contribution is -2.42. The second kappa shape index (κ2) is 8.84. The lowest BCUT2D eigenvalue weighted by atomic mass is 10.1. The van der Waals surface area contributed by atoms with Gasteiger partial charge in [0, 0.05) is 23.9 Å². The maximum atomic E-state index is 12.6. The number of benzene rings is 1. The minimum Gasteiger partial charge on any atom is -0.377 e. The van der Waals surface area contributed by atoms with Gasteiger partial charge in [-0.05, 0) is 30.7 Å². The van der Waals surface area contributed by atoms with E-state index in [0.717, 1.165) is 5.56 Å². The van der Waals surface area contributed by atoms with Gasteiger partial charge < -0.3 is 15.0 Å². The van der Waals surface area contributed by atoms with Crippen LogP contribution in [-0.2, 0) is 16.1 Å². The Labute approximate surface area is 161 Å². The molecule has 3 rings (SSSR count).